The third-order valence-electron chi connectivity index (χ3n) is 2.54. The zero-order chi connectivity index (χ0) is 13.7. The van der Waals surface area contributed by atoms with Crippen LogP contribution in [0.4, 0.5) is 0 Å². The predicted molar refractivity (Wildman–Crippen MR) is 75.4 cm³/mol. The number of aldehydes is 1. The summed E-state index contributed by atoms with van der Waals surface area (Å²) in [5.74, 6) is 1.33. The number of benzene rings is 2. The fourth-order valence-corrected chi connectivity index (χ4v) is 2.02. The molecule has 19 heavy (non-hydrogen) atoms. The number of rotatable bonds is 4. The molecule has 0 aliphatic rings. The number of ether oxygens (including phenoxy) is 1. The molecule has 0 amide bonds. The van der Waals surface area contributed by atoms with Crippen LogP contribution in [0.3, 0.4) is 0 Å². The molecular formula is C15H10BrNO2. The Morgan fingerprint density at radius 1 is 1.16 bits per heavy atom. The van der Waals surface area contributed by atoms with E-state index in [2.05, 4.69) is 22.0 Å². The topological polar surface area (TPSA) is 50.1 Å². The Labute approximate surface area is 119 Å². The van der Waals surface area contributed by atoms with Gasteiger partial charge in [0.05, 0.1) is 12.5 Å². The van der Waals surface area contributed by atoms with E-state index in [1.165, 1.54) is 0 Å². The van der Waals surface area contributed by atoms with Gasteiger partial charge in [0.25, 0.3) is 0 Å². The number of nitrogens with zero attached hydrogens (tertiary/aromatic N) is 1. The van der Waals surface area contributed by atoms with Crippen LogP contribution >= 0.6 is 15.9 Å². The van der Waals surface area contributed by atoms with Crippen LogP contribution in [0.25, 0.3) is 0 Å². The quantitative estimate of drug-likeness (QED) is 0.797. The molecule has 0 heterocycles. The van der Waals surface area contributed by atoms with Crippen LogP contribution in [0.15, 0.2) is 46.9 Å². The van der Waals surface area contributed by atoms with Crippen LogP contribution in [-0.2, 0) is 6.42 Å². The van der Waals surface area contributed by atoms with Crippen LogP contribution in [0.2, 0.25) is 0 Å². The van der Waals surface area contributed by atoms with Crippen molar-refractivity contribution in [2.75, 3.05) is 0 Å². The lowest BCUT2D eigenvalue weighted by molar-refractivity contribution is 0.112. The molecule has 3 nitrogen and oxygen atoms in total. The van der Waals surface area contributed by atoms with E-state index in [1.807, 2.05) is 24.3 Å². The lowest BCUT2D eigenvalue weighted by Crippen LogP contribution is -1.88. The molecule has 0 unspecified atom stereocenters. The summed E-state index contributed by atoms with van der Waals surface area (Å²) in [4.78, 5) is 10.7. The van der Waals surface area contributed by atoms with E-state index in [1.54, 1.807) is 18.2 Å². The normalized spacial score (nSPS) is 9.68. The van der Waals surface area contributed by atoms with Crippen molar-refractivity contribution in [2.45, 2.75) is 6.42 Å². The molecule has 0 fully saturated rings. The Morgan fingerprint density at radius 3 is 2.42 bits per heavy atom. The number of halogens is 1. The fraction of sp³-hybridized carbons (Fsp3) is 0.0667. The molecule has 0 atom stereocenters. The predicted octanol–water partition coefficient (Wildman–Crippen LogP) is 4.12. The molecule has 0 aromatic heterocycles. The first kappa shape index (κ1) is 13.3. The third kappa shape index (κ3) is 3.43. The molecule has 0 bridgehead atoms. The summed E-state index contributed by atoms with van der Waals surface area (Å²) in [6.07, 6.45) is 1.17. The summed E-state index contributed by atoms with van der Waals surface area (Å²) in [5, 5.41) is 8.59. The van der Waals surface area contributed by atoms with E-state index in [4.69, 9.17) is 10.00 Å². The fourth-order valence-electron chi connectivity index (χ4n) is 1.57. The maximum Gasteiger partial charge on any atom is 0.151 e. The van der Waals surface area contributed by atoms with Gasteiger partial charge >= 0.3 is 0 Å². The number of carbonyl (C=O) groups excluding carboxylic acids is 1. The smallest absolute Gasteiger partial charge is 0.151 e. The summed E-state index contributed by atoms with van der Waals surface area (Å²) in [7, 11) is 0. The average Bonchev–Trinajstić information content (AvgIpc) is 2.42. The van der Waals surface area contributed by atoms with Gasteiger partial charge in [0, 0.05) is 10.0 Å². The second kappa shape index (κ2) is 6.17. The Balaban J connectivity index is 2.15. The third-order valence-corrected chi connectivity index (χ3v) is 3.23. The highest BCUT2D eigenvalue weighted by molar-refractivity contribution is 9.10. The molecule has 4 heteroatoms. The molecule has 0 radical (unpaired) electrons. The van der Waals surface area contributed by atoms with Crippen molar-refractivity contribution in [2.24, 2.45) is 0 Å². The standard InChI is InChI=1S/C15H10BrNO2/c16-15-9-14(6-3-12(15)10-18)19-13-4-1-11(2-5-13)7-8-17/h1-6,9-10H,7H2. The van der Waals surface area contributed by atoms with Crippen molar-refractivity contribution in [3.63, 3.8) is 0 Å². The first-order chi connectivity index (χ1) is 9.22. The first-order valence-electron chi connectivity index (χ1n) is 5.61. The van der Waals surface area contributed by atoms with Gasteiger partial charge in [0.2, 0.25) is 0 Å². The molecule has 0 aliphatic heterocycles. The minimum atomic E-state index is 0.389. The number of nitriles is 1. The van der Waals surface area contributed by atoms with Gasteiger partial charge in [-0.1, -0.05) is 12.1 Å². The summed E-state index contributed by atoms with van der Waals surface area (Å²) in [5.41, 5.74) is 1.53. The van der Waals surface area contributed by atoms with Crippen molar-refractivity contribution < 1.29 is 9.53 Å². The van der Waals surface area contributed by atoms with Gasteiger partial charge in [-0.05, 0) is 51.8 Å². The molecule has 0 N–H and O–H groups in total. The highest BCUT2D eigenvalue weighted by atomic mass is 79.9. The van der Waals surface area contributed by atoms with Crippen molar-refractivity contribution >= 4 is 22.2 Å². The summed E-state index contributed by atoms with van der Waals surface area (Å²) >= 11 is 3.31. The highest BCUT2D eigenvalue weighted by Crippen LogP contribution is 2.26. The maximum absolute atomic E-state index is 10.7. The molecule has 2 aromatic carbocycles. The van der Waals surface area contributed by atoms with E-state index >= 15 is 0 Å². The van der Waals surface area contributed by atoms with Gasteiger partial charge in [0.15, 0.2) is 6.29 Å². The molecule has 0 aliphatic carbocycles. The number of hydrogen-bond acceptors (Lipinski definition) is 3. The monoisotopic (exact) mass is 315 g/mol. The summed E-state index contributed by atoms with van der Waals surface area (Å²) in [6.45, 7) is 0. The highest BCUT2D eigenvalue weighted by Gasteiger charge is 2.02. The molecule has 2 aromatic rings. The summed E-state index contributed by atoms with van der Waals surface area (Å²) in [6, 6.07) is 14.6. The Bertz CT molecular complexity index is 630. The van der Waals surface area contributed by atoms with Crippen LogP contribution < -0.4 is 4.74 Å². The lowest BCUT2D eigenvalue weighted by Gasteiger charge is -2.07. The number of hydrogen-bond donors (Lipinski definition) is 0. The largest absolute Gasteiger partial charge is 0.457 e. The van der Waals surface area contributed by atoms with Gasteiger partial charge in [-0.15, -0.1) is 0 Å². The van der Waals surface area contributed by atoms with Gasteiger partial charge in [-0.2, -0.15) is 5.26 Å². The molecule has 2 rings (SSSR count). The van der Waals surface area contributed by atoms with E-state index in [0.29, 0.717) is 28.0 Å². The van der Waals surface area contributed by atoms with Crippen LogP contribution in [0.5, 0.6) is 11.5 Å². The van der Waals surface area contributed by atoms with Crippen molar-refractivity contribution in [3.8, 4) is 17.6 Å². The van der Waals surface area contributed by atoms with Crippen LogP contribution in [0.1, 0.15) is 15.9 Å². The Hall–Kier alpha value is -2.12. The molecular weight excluding hydrogens is 306 g/mol. The van der Waals surface area contributed by atoms with Gasteiger partial charge in [0.1, 0.15) is 11.5 Å². The van der Waals surface area contributed by atoms with Crippen molar-refractivity contribution in [1.82, 2.24) is 0 Å². The SMILES string of the molecule is N#CCc1ccc(Oc2ccc(C=O)c(Br)c2)cc1. The maximum atomic E-state index is 10.7. The number of carbonyl (C=O) groups is 1. The minimum Gasteiger partial charge on any atom is -0.457 e. The Morgan fingerprint density at radius 2 is 1.84 bits per heavy atom. The Kier molecular flexibility index (Phi) is 4.32. The van der Waals surface area contributed by atoms with E-state index < -0.39 is 0 Å². The van der Waals surface area contributed by atoms with Gasteiger partial charge in [-0.25, -0.2) is 0 Å². The zero-order valence-corrected chi connectivity index (χ0v) is 11.6. The first-order valence-corrected chi connectivity index (χ1v) is 6.40. The lowest BCUT2D eigenvalue weighted by atomic mass is 10.2. The second-order valence-corrected chi connectivity index (χ2v) is 4.74. The molecule has 94 valence electrons. The minimum absolute atomic E-state index is 0.389. The van der Waals surface area contributed by atoms with E-state index in [-0.39, 0.29) is 0 Å². The molecule has 0 spiro atoms. The van der Waals surface area contributed by atoms with Gasteiger partial charge < -0.3 is 4.74 Å². The molecule has 0 saturated carbocycles. The van der Waals surface area contributed by atoms with E-state index in [0.717, 1.165) is 11.8 Å². The van der Waals surface area contributed by atoms with Crippen molar-refractivity contribution in [3.05, 3.63) is 58.1 Å². The zero-order valence-electron chi connectivity index (χ0n) is 9.97. The van der Waals surface area contributed by atoms with Crippen LogP contribution in [0, 0.1) is 11.3 Å². The van der Waals surface area contributed by atoms with E-state index in [9.17, 15) is 4.79 Å². The second-order valence-electron chi connectivity index (χ2n) is 3.88. The van der Waals surface area contributed by atoms with Crippen molar-refractivity contribution in [1.29, 1.82) is 5.26 Å². The molecule has 0 saturated heterocycles. The summed E-state index contributed by atoms with van der Waals surface area (Å²) < 4.78 is 6.36. The average molecular weight is 316 g/mol. The van der Waals surface area contributed by atoms with Gasteiger partial charge in [-0.3, -0.25) is 4.79 Å². The van der Waals surface area contributed by atoms with Crippen LogP contribution in [-0.4, -0.2) is 6.29 Å².